The summed E-state index contributed by atoms with van der Waals surface area (Å²) in [5.74, 6) is -1.36. The van der Waals surface area contributed by atoms with Gasteiger partial charge in [0.15, 0.2) is 0 Å². The molecule has 0 bridgehead atoms. The molecule has 1 aromatic rings. The lowest BCUT2D eigenvalue weighted by Gasteiger charge is -2.14. The average molecular weight is 304 g/mol. The third-order valence-corrected chi connectivity index (χ3v) is 4.06. The fourth-order valence-electron chi connectivity index (χ4n) is 1.53. The highest BCUT2D eigenvalue weighted by Gasteiger charge is 2.24. The largest absolute Gasteiger partial charge is 0.465 e. The summed E-state index contributed by atoms with van der Waals surface area (Å²) in [6.07, 6.45) is 0. The molecule has 0 spiro atoms. The number of ether oxygens (including phenoxy) is 1. The maximum Gasteiger partial charge on any atom is 0.323 e. The minimum atomic E-state index is -3.98. The zero-order valence-corrected chi connectivity index (χ0v) is 12.3. The van der Waals surface area contributed by atoms with Gasteiger partial charge in [0.2, 0.25) is 10.0 Å². The SMILES string of the molecule is CCOC(=O)C(C)NS(=O)(=O)c1cc(C)c(F)c(N)c1. The van der Waals surface area contributed by atoms with Crippen LogP contribution in [0.1, 0.15) is 19.4 Å². The first kappa shape index (κ1) is 16.4. The first-order chi connectivity index (χ1) is 9.19. The number of carbonyl (C=O) groups is 1. The number of carbonyl (C=O) groups excluding carboxylic acids is 1. The monoisotopic (exact) mass is 304 g/mol. The summed E-state index contributed by atoms with van der Waals surface area (Å²) in [6, 6.07) is 1.10. The third-order valence-electron chi connectivity index (χ3n) is 2.54. The van der Waals surface area contributed by atoms with Crippen LogP contribution < -0.4 is 10.5 Å². The van der Waals surface area contributed by atoms with Crippen molar-refractivity contribution in [1.82, 2.24) is 4.72 Å². The van der Waals surface area contributed by atoms with Gasteiger partial charge in [-0.2, -0.15) is 4.72 Å². The van der Waals surface area contributed by atoms with Crippen molar-refractivity contribution in [2.24, 2.45) is 0 Å². The van der Waals surface area contributed by atoms with Crippen molar-refractivity contribution in [3.05, 3.63) is 23.5 Å². The van der Waals surface area contributed by atoms with E-state index < -0.39 is 27.9 Å². The van der Waals surface area contributed by atoms with Crippen molar-refractivity contribution in [2.45, 2.75) is 31.7 Å². The van der Waals surface area contributed by atoms with Crippen LogP contribution in [0.3, 0.4) is 0 Å². The second kappa shape index (κ2) is 6.19. The van der Waals surface area contributed by atoms with E-state index in [1.54, 1.807) is 6.92 Å². The third kappa shape index (κ3) is 3.67. The summed E-state index contributed by atoms with van der Waals surface area (Å²) in [6.45, 7) is 4.52. The highest BCUT2D eigenvalue weighted by Crippen LogP contribution is 2.20. The molecular weight excluding hydrogens is 287 g/mol. The number of nitrogens with one attached hydrogen (secondary N) is 1. The van der Waals surface area contributed by atoms with Gasteiger partial charge in [-0.05, 0) is 38.5 Å². The normalized spacial score (nSPS) is 13.0. The van der Waals surface area contributed by atoms with Gasteiger partial charge in [-0.25, -0.2) is 12.8 Å². The molecule has 0 aliphatic rings. The van der Waals surface area contributed by atoms with Crippen LogP contribution in [0, 0.1) is 12.7 Å². The lowest BCUT2D eigenvalue weighted by atomic mass is 10.2. The molecule has 0 amide bonds. The van der Waals surface area contributed by atoms with Crippen molar-refractivity contribution < 1.29 is 22.3 Å². The lowest BCUT2D eigenvalue weighted by Crippen LogP contribution is -2.39. The number of rotatable bonds is 5. The van der Waals surface area contributed by atoms with E-state index in [9.17, 15) is 17.6 Å². The van der Waals surface area contributed by atoms with Gasteiger partial charge in [0.1, 0.15) is 11.9 Å². The van der Waals surface area contributed by atoms with Gasteiger partial charge in [-0.15, -0.1) is 0 Å². The summed E-state index contributed by atoms with van der Waals surface area (Å²) >= 11 is 0. The van der Waals surface area contributed by atoms with E-state index in [-0.39, 0.29) is 22.8 Å². The number of esters is 1. The van der Waals surface area contributed by atoms with Crippen molar-refractivity contribution in [3.8, 4) is 0 Å². The Morgan fingerprint density at radius 3 is 2.60 bits per heavy atom. The Balaban J connectivity index is 3.03. The second-order valence-electron chi connectivity index (χ2n) is 4.24. The number of hydrogen-bond donors (Lipinski definition) is 2. The van der Waals surface area contributed by atoms with Gasteiger partial charge in [0.05, 0.1) is 17.2 Å². The summed E-state index contributed by atoms with van der Waals surface area (Å²) in [4.78, 5) is 11.2. The molecule has 8 heteroatoms. The molecule has 1 unspecified atom stereocenters. The molecule has 1 atom stereocenters. The van der Waals surface area contributed by atoms with E-state index in [0.717, 1.165) is 12.1 Å². The van der Waals surface area contributed by atoms with Gasteiger partial charge in [-0.1, -0.05) is 0 Å². The van der Waals surface area contributed by atoms with Crippen LogP contribution in [0.4, 0.5) is 10.1 Å². The van der Waals surface area contributed by atoms with Crippen LogP contribution in [0.15, 0.2) is 17.0 Å². The van der Waals surface area contributed by atoms with Crippen LogP contribution in [-0.4, -0.2) is 27.0 Å². The predicted octanol–water partition coefficient (Wildman–Crippen LogP) is 0.946. The number of aryl methyl sites for hydroxylation is 1. The first-order valence-electron chi connectivity index (χ1n) is 5.93. The molecule has 3 N–H and O–H groups in total. The Bertz CT molecular complexity index is 593. The highest BCUT2D eigenvalue weighted by molar-refractivity contribution is 7.89. The number of nitrogens with two attached hydrogens (primary N) is 1. The van der Waals surface area contributed by atoms with Crippen LogP contribution in [-0.2, 0) is 19.6 Å². The number of anilines is 1. The van der Waals surface area contributed by atoms with Gasteiger partial charge >= 0.3 is 5.97 Å². The van der Waals surface area contributed by atoms with Gasteiger partial charge in [0, 0.05) is 0 Å². The lowest BCUT2D eigenvalue weighted by molar-refractivity contribution is -0.144. The van der Waals surface area contributed by atoms with Gasteiger partial charge in [0.25, 0.3) is 0 Å². The molecule has 0 fully saturated rings. The zero-order chi connectivity index (χ0) is 15.5. The molecule has 20 heavy (non-hydrogen) atoms. The minimum absolute atomic E-state index is 0.106. The molecule has 112 valence electrons. The van der Waals surface area contributed by atoms with Crippen molar-refractivity contribution >= 4 is 21.7 Å². The van der Waals surface area contributed by atoms with Gasteiger partial charge in [-0.3, -0.25) is 4.79 Å². The van der Waals surface area contributed by atoms with E-state index in [1.807, 2.05) is 0 Å². The van der Waals surface area contributed by atoms with Crippen LogP contribution in [0.2, 0.25) is 0 Å². The maximum absolute atomic E-state index is 13.4. The number of sulfonamides is 1. The molecule has 6 nitrogen and oxygen atoms in total. The number of nitrogen functional groups attached to an aromatic ring is 1. The average Bonchev–Trinajstić information content (AvgIpc) is 2.35. The Labute approximate surface area is 117 Å². The van der Waals surface area contributed by atoms with Crippen LogP contribution in [0.25, 0.3) is 0 Å². The first-order valence-corrected chi connectivity index (χ1v) is 7.42. The van der Waals surface area contributed by atoms with Crippen LogP contribution in [0.5, 0.6) is 0 Å². The smallest absolute Gasteiger partial charge is 0.323 e. The van der Waals surface area contributed by atoms with Crippen LogP contribution >= 0.6 is 0 Å². The number of halogens is 1. The standard InChI is InChI=1S/C12H17FN2O4S/c1-4-19-12(16)8(3)15-20(17,18)9-5-7(2)11(13)10(14)6-9/h5-6,8,15H,4,14H2,1-3H3. The molecule has 0 heterocycles. The Kier molecular flexibility index (Phi) is 5.07. The van der Waals surface area contributed by atoms with E-state index in [1.165, 1.54) is 13.8 Å². The fraction of sp³-hybridized carbons (Fsp3) is 0.417. The zero-order valence-electron chi connectivity index (χ0n) is 11.4. The van der Waals surface area contributed by atoms with E-state index in [0.29, 0.717) is 0 Å². The second-order valence-corrected chi connectivity index (χ2v) is 5.95. The van der Waals surface area contributed by atoms with E-state index >= 15 is 0 Å². The summed E-state index contributed by atoms with van der Waals surface area (Å²) < 4.78 is 44.4. The minimum Gasteiger partial charge on any atom is -0.465 e. The number of hydrogen-bond acceptors (Lipinski definition) is 5. The number of benzene rings is 1. The Hall–Kier alpha value is -1.67. The molecule has 0 saturated carbocycles. The van der Waals surface area contributed by atoms with E-state index in [2.05, 4.69) is 4.72 Å². The maximum atomic E-state index is 13.4. The molecule has 0 aliphatic heterocycles. The topological polar surface area (TPSA) is 98.5 Å². The van der Waals surface area contributed by atoms with E-state index in [4.69, 9.17) is 10.5 Å². The quantitative estimate of drug-likeness (QED) is 0.623. The van der Waals surface area contributed by atoms with Crippen molar-refractivity contribution in [2.75, 3.05) is 12.3 Å². The molecular formula is C12H17FN2O4S. The van der Waals surface area contributed by atoms with Crippen molar-refractivity contribution in [1.29, 1.82) is 0 Å². The summed E-state index contributed by atoms with van der Waals surface area (Å²) in [5, 5.41) is 0. The fourth-order valence-corrected chi connectivity index (χ4v) is 2.85. The molecule has 0 radical (unpaired) electrons. The summed E-state index contributed by atoms with van der Waals surface area (Å²) in [5.41, 5.74) is 5.23. The Morgan fingerprint density at radius 2 is 2.10 bits per heavy atom. The molecule has 0 saturated heterocycles. The summed E-state index contributed by atoms with van der Waals surface area (Å²) in [7, 11) is -3.98. The molecule has 1 rings (SSSR count). The predicted molar refractivity (Wildman–Crippen MR) is 72.0 cm³/mol. The van der Waals surface area contributed by atoms with Gasteiger partial charge < -0.3 is 10.5 Å². The molecule has 1 aromatic carbocycles. The van der Waals surface area contributed by atoms with Crippen molar-refractivity contribution in [3.63, 3.8) is 0 Å². The highest BCUT2D eigenvalue weighted by atomic mass is 32.2. The molecule has 0 aliphatic carbocycles. The Morgan fingerprint density at radius 1 is 1.50 bits per heavy atom. The molecule has 0 aromatic heterocycles.